The molecule has 9 heteroatoms. The molecular formula is C15H14FN5O2S. The quantitative estimate of drug-likeness (QED) is 0.758. The first kappa shape index (κ1) is 16.1. The van der Waals surface area contributed by atoms with E-state index in [0.29, 0.717) is 10.6 Å². The molecule has 0 spiro atoms. The molecule has 24 heavy (non-hydrogen) atoms. The third-order valence-corrected chi connectivity index (χ3v) is 4.24. The molecule has 1 amide bonds. The number of benzene rings is 1. The minimum Gasteiger partial charge on any atom is -0.348 e. The molecule has 0 bridgehead atoms. The maximum atomic E-state index is 13.7. The Morgan fingerprint density at radius 3 is 2.79 bits per heavy atom. The minimum absolute atomic E-state index is 0.289. The Labute approximate surface area is 140 Å². The maximum Gasteiger partial charge on any atom is 0.369 e. The molecule has 0 unspecified atom stereocenters. The van der Waals surface area contributed by atoms with Crippen molar-refractivity contribution in [3.63, 3.8) is 0 Å². The van der Waals surface area contributed by atoms with Crippen LogP contribution in [-0.4, -0.2) is 25.7 Å². The van der Waals surface area contributed by atoms with Gasteiger partial charge in [0, 0.05) is 5.56 Å². The van der Waals surface area contributed by atoms with Crippen molar-refractivity contribution in [3.05, 3.63) is 63.6 Å². The Balaban J connectivity index is 1.70. The summed E-state index contributed by atoms with van der Waals surface area (Å²) in [6, 6.07) is 9.18. The van der Waals surface area contributed by atoms with E-state index in [-0.39, 0.29) is 6.54 Å². The Morgan fingerprint density at radius 2 is 2.08 bits per heavy atom. The molecular weight excluding hydrogens is 333 g/mol. The molecule has 1 N–H and O–H groups in total. The highest BCUT2D eigenvalue weighted by Crippen LogP contribution is 2.15. The van der Waals surface area contributed by atoms with Crippen LogP contribution in [0.1, 0.15) is 18.5 Å². The molecule has 2 heterocycles. The first-order chi connectivity index (χ1) is 11.6. The Kier molecular flexibility index (Phi) is 4.52. The Morgan fingerprint density at radius 1 is 1.29 bits per heavy atom. The second kappa shape index (κ2) is 6.75. The molecule has 1 atom stereocenters. The number of thiophene rings is 1. The number of hydrogen-bond donors (Lipinski definition) is 1. The first-order valence-corrected chi connectivity index (χ1v) is 8.04. The molecule has 124 valence electrons. The van der Waals surface area contributed by atoms with Crippen LogP contribution in [0.25, 0.3) is 5.00 Å². The van der Waals surface area contributed by atoms with Crippen LogP contribution >= 0.6 is 11.3 Å². The zero-order valence-corrected chi connectivity index (χ0v) is 13.5. The van der Waals surface area contributed by atoms with Crippen LogP contribution in [0.3, 0.4) is 0 Å². The van der Waals surface area contributed by atoms with E-state index in [1.807, 2.05) is 5.38 Å². The zero-order valence-electron chi connectivity index (χ0n) is 12.7. The van der Waals surface area contributed by atoms with Crippen LogP contribution in [0.4, 0.5) is 4.39 Å². The fraction of sp³-hybridized carbons (Fsp3) is 0.200. The normalized spacial score (nSPS) is 12.1. The van der Waals surface area contributed by atoms with Crippen molar-refractivity contribution >= 4 is 17.2 Å². The molecule has 0 saturated carbocycles. The number of hydrogen-bond acceptors (Lipinski definition) is 5. The second-order valence-corrected chi connectivity index (χ2v) is 6.02. The molecule has 1 aromatic carbocycles. The van der Waals surface area contributed by atoms with Crippen molar-refractivity contribution in [1.29, 1.82) is 0 Å². The monoisotopic (exact) mass is 347 g/mol. The largest absolute Gasteiger partial charge is 0.369 e. The number of aromatic nitrogens is 4. The number of amides is 1. The Hall–Kier alpha value is -2.81. The standard InChI is InChI=1S/C15H14FN5O2S/c1-10(11-5-2-3-6-12(11)16)17-13(22)9-20-15(23)21(19-18-20)14-7-4-8-24-14/h2-8,10H,9H2,1H3,(H,17,22)/t10-/m1/s1. The molecule has 0 aliphatic rings. The highest BCUT2D eigenvalue weighted by atomic mass is 32.1. The smallest absolute Gasteiger partial charge is 0.348 e. The SMILES string of the molecule is C[C@@H](NC(=O)Cn1nnn(-c2cccs2)c1=O)c1ccccc1F. The number of carbonyl (C=O) groups excluding carboxylic acids is 1. The summed E-state index contributed by atoms with van der Waals surface area (Å²) in [5.74, 6) is -0.850. The maximum absolute atomic E-state index is 13.7. The van der Waals surface area contributed by atoms with Gasteiger partial charge in [0.25, 0.3) is 0 Å². The second-order valence-electron chi connectivity index (χ2n) is 5.09. The van der Waals surface area contributed by atoms with Gasteiger partial charge in [-0.05, 0) is 40.9 Å². The van der Waals surface area contributed by atoms with E-state index in [4.69, 9.17) is 0 Å². The van der Waals surface area contributed by atoms with E-state index in [2.05, 4.69) is 15.7 Å². The lowest BCUT2D eigenvalue weighted by molar-refractivity contribution is -0.122. The van der Waals surface area contributed by atoms with Gasteiger partial charge in [0.05, 0.1) is 6.04 Å². The predicted octanol–water partition coefficient (Wildman–Crippen LogP) is 1.51. The van der Waals surface area contributed by atoms with Gasteiger partial charge in [-0.3, -0.25) is 4.79 Å². The Bertz CT molecular complexity index is 903. The average molecular weight is 347 g/mol. The summed E-state index contributed by atoms with van der Waals surface area (Å²) in [7, 11) is 0. The van der Waals surface area contributed by atoms with Gasteiger partial charge in [-0.15, -0.1) is 11.3 Å². The van der Waals surface area contributed by atoms with E-state index in [0.717, 1.165) is 9.36 Å². The van der Waals surface area contributed by atoms with Crippen LogP contribution in [0.15, 0.2) is 46.6 Å². The zero-order chi connectivity index (χ0) is 17.1. The summed E-state index contributed by atoms with van der Waals surface area (Å²) in [4.78, 5) is 24.3. The van der Waals surface area contributed by atoms with Gasteiger partial charge in [0.1, 0.15) is 17.4 Å². The van der Waals surface area contributed by atoms with Crippen molar-refractivity contribution in [3.8, 4) is 5.00 Å². The van der Waals surface area contributed by atoms with Crippen molar-refractivity contribution in [2.24, 2.45) is 0 Å². The van der Waals surface area contributed by atoms with Crippen LogP contribution in [0, 0.1) is 5.82 Å². The van der Waals surface area contributed by atoms with E-state index in [1.165, 1.54) is 17.4 Å². The van der Waals surface area contributed by atoms with E-state index < -0.39 is 23.5 Å². The van der Waals surface area contributed by atoms with Gasteiger partial charge in [0.15, 0.2) is 0 Å². The van der Waals surface area contributed by atoms with Crippen LogP contribution < -0.4 is 11.0 Å². The number of halogens is 1. The van der Waals surface area contributed by atoms with Crippen molar-refractivity contribution in [2.45, 2.75) is 19.5 Å². The number of tetrazole rings is 1. The summed E-state index contributed by atoms with van der Waals surface area (Å²) in [6.07, 6.45) is 0. The molecule has 0 saturated heterocycles. The van der Waals surface area contributed by atoms with Gasteiger partial charge < -0.3 is 5.32 Å². The van der Waals surface area contributed by atoms with Crippen LogP contribution in [0.5, 0.6) is 0 Å². The molecule has 0 fully saturated rings. The lowest BCUT2D eigenvalue weighted by atomic mass is 10.1. The van der Waals surface area contributed by atoms with Crippen LogP contribution in [-0.2, 0) is 11.3 Å². The summed E-state index contributed by atoms with van der Waals surface area (Å²) in [5.41, 5.74) is -0.133. The van der Waals surface area contributed by atoms with E-state index in [1.54, 1.807) is 37.3 Å². The van der Waals surface area contributed by atoms with Gasteiger partial charge in [0.2, 0.25) is 5.91 Å². The molecule has 3 rings (SSSR count). The fourth-order valence-corrected chi connectivity index (χ4v) is 2.90. The van der Waals surface area contributed by atoms with E-state index >= 15 is 0 Å². The van der Waals surface area contributed by atoms with Crippen LogP contribution in [0.2, 0.25) is 0 Å². The third-order valence-electron chi connectivity index (χ3n) is 3.40. The van der Waals surface area contributed by atoms with Crippen molar-refractivity contribution in [1.82, 2.24) is 25.1 Å². The summed E-state index contributed by atoms with van der Waals surface area (Å²) in [5, 5.41) is 12.5. The summed E-state index contributed by atoms with van der Waals surface area (Å²) in [6.45, 7) is 1.38. The van der Waals surface area contributed by atoms with Gasteiger partial charge >= 0.3 is 5.69 Å². The molecule has 7 nitrogen and oxygen atoms in total. The number of nitrogens with zero attached hydrogens (tertiary/aromatic N) is 4. The van der Waals surface area contributed by atoms with Crippen molar-refractivity contribution in [2.75, 3.05) is 0 Å². The number of rotatable bonds is 5. The lowest BCUT2D eigenvalue weighted by Crippen LogP contribution is -2.34. The van der Waals surface area contributed by atoms with Gasteiger partial charge in [-0.25, -0.2) is 9.18 Å². The minimum atomic E-state index is -0.526. The molecule has 0 aliphatic carbocycles. The predicted molar refractivity (Wildman–Crippen MR) is 86.5 cm³/mol. The average Bonchev–Trinajstić information content (AvgIpc) is 3.18. The first-order valence-electron chi connectivity index (χ1n) is 7.17. The van der Waals surface area contributed by atoms with Gasteiger partial charge in [-0.2, -0.15) is 9.36 Å². The molecule has 0 radical (unpaired) electrons. The summed E-state index contributed by atoms with van der Waals surface area (Å²) >= 11 is 1.34. The molecule has 3 aromatic rings. The van der Waals surface area contributed by atoms with E-state index in [9.17, 15) is 14.0 Å². The summed E-state index contributed by atoms with van der Waals surface area (Å²) < 4.78 is 15.8. The highest BCUT2D eigenvalue weighted by molar-refractivity contribution is 7.12. The van der Waals surface area contributed by atoms with Crippen molar-refractivity contribution < 1.29 is 9.18 Å². The highest BCUT2D eigenvalue weighted by Gasteiger charge is 2.16. The van der Waals surface area contributed by atoms with Gasteiger partial charge in [-0.1, -0.05) is 18.2 Å². The number of carbonyl (C=O) groups is 1. The number of nitrogens with one attached hydrogen (secondary N) is 1. The molecule has 0 aliphatic heterocycles. The fourth-order valence-electron chi connectivity index (χ4n) is 2.23. The molecule has 2 aromatic heterocycles. The topological polar surface area (TPSA) is 81.8 Å². The third kappa shape index (κ3) is 3.25. The lowest BCUT2D eigenvalue weighted by Gasteiger charge is -2.14.